The SMILES string of the molecule is OC[C@@H](O)[C@@H](O)[C@H](O)/C=N/Nc1ccc(Cl)nn1. The van der Waals surface area contributed by atoms with Gasteiger partial charge in [0, 0.05) is 0 Å². The van der Waals surface area contributed by atoms with Gasteiger partial charge >= 0.3 is 0 Å². The van der Waals surface area contributed by atoms with Gasteiger partial charge in [0.1, 0.15) is 18.3 Å². The summed E-state index contributed by atoms with van der Waals surface area (Å²) in [6.07, 6.45) is -3.45. The highest BCUT2D eigenvalue weighted by molar-refractivity contribution is 6.29. The average Bonchev–Trinajstić information content (AvgIpc) is 2.39. The number of nitrogens with zero attached hydrogens (tertiary/aromatic N) is 3. The van der Waals surface area contributed by atoms with Crippen molar-refractivity contribution in [3.63, 3.8) is 0 Å². The number of halogens is 1. The Morgan fingerprint density at radius 3 is 2.61 bits per heavy atom. The Morgan fingerprint density at radius 2 is 2.06 bits per heavy atom. The summed E-state index contributed by atoms with van der Waals surface area (Å²) in [6, 6.07) is 3.01. The van der Waals surface area contributed by atoms with Gasteiger partial charge in [-0.2, -0.15) is 5.10 Å². The van der Waals surface area contributed by atoms with Crippen LogP contribution in [0.2, 0.25) is 5.15 Å². The van der Waals surface area contributed by atoms with Crippen LogP contribution in [0.4, 0.5) is 5.82 Å². The largest absolute Gasteiger partial charge is 0.394 e. The molecular formula is C9H13ClN4O4. The van der Waals surface area contributed by atoms with Crippen LogP contribution in [-0.4, -0.2) is 61.8 Å². The van der Waals surface area contributed by atoms with Crippen LogP contribution in [0.1, 0.15) is 0 Å². The van der Waals surface area contributed by atoms with E-state index in [4.69, 9.17) is 21.8 Å². The third-order valence-electron chi connectivity index (χ3n) is 1.97. The minimum atomic E-state index is -1.53. The number of hydrogen-bond donors (Lipinski definition) is 5. The van der Waals surface area contributed by atoms with E-state index < -0.39 is 24.9 Å². The van der Waals surface area contributed by atoms with Crippen molar-refractivity contribution in [2.24, 2.45) is 5.10 Å². The van der Waals surface area contributed by atoms with Crippen molar-refractivity contribution in [1.29, 1.82) is 0 Å². The fourth-order valence-corrected chi connectivity index (χ4v) is 1.08. The van der Waals surface area contributed by atoms with Crippen molar-refractivity contribution in [2.45, 2.75) is 18.3 Å². The van der Waals surface area contributed by atoms with Crippen LogP contribution in [0.5, 0.6) is 0 Å². The monoisotopic (exact) mass is 276 g/mol. The highest BCUT2D eigenvalue weighted by Gasteiger charge is 2.22. The number of aliphatic hydroxyl groups is 4. The first-order valence-corrected chi connectivity index (χ1v) is 5.36. The van der Waals surface area contributed by atoms with Gasteiger partial charge in [-0.1, -0.05) is 11.6 Å². The maximum absolute atomic E-state index is 9.37. The number of nitrogens with one attached hydrogen (secondary N) is 1. The maximum atomic E-state index is 9.37. The first kappa shape index (κ1) is 14.7. The molecule has 0 aliphatic heterocycles. The summed E-state index contributed by atoms with van der Waals surface area (Å²) in [6.45, 7) is -0.665. The second-order valence-electron chi connectivity index (χ2n) is 3.36. The van der Waals surface area contributed by atoms with E-state index in [1.54, 1.807) is 0 Å². The number of aromatic nitrogens is 2. The molecule has 0 spiro atoms. The molecule has 0 aromatic carbocycles. The van der Waals surface area contributed by atoms with Crippen molar-refractivity contribution >= 4 is 23.6 Å². The minimum absolute atomic E-state index is 0.228. The molecule has 0 bridgehead atoms. The molecule has 0 amide bonds. The summed E-state index contributed by atoms with van der Waals surface area (Å²) < 4.78 is 0. The third kappa shape index (κ3) is 4.51. The van der Waals surface area contributed by atoms with Crippen LogP contribution in [0.3, 0.4) is 0 Å². The first-order chi connectivity index (χ1) is 8.54. The molecule has 100 valence electrons. The number of hydrogen-bond acceptors (Lipinski definition) is 8. The second-order valence-corrected chi connectivity index (χ2v) is 3.75. The smallest absolute Gasteiger partial charge is 0.168 e. The van der Waals surface area contributed by atoms with Crippen LogP contribution in [0.15, 0.2) is 17.2 Å². The molecule has 18 heavy (non-hydrogen) atoms. The third-order valence-corrected chi connectivity index (χ3v) is 2.17. The van der Waals surface area contributed by atoms with Crippen molar-refractivity contribution < 1.29 is 20.4 Å². The van der Waals surface area contributed by atoms with Crippen molar-refractivity contribution in [1.82, 2.24) is 10.2 Å². The van der Waals surface area contributed by atoms with Gasteiger partial charge in [0.2, 0.25) is 0 Å². The van der Waals surface area contributed by atoms with E-state index in [-0.39, 0.29) is 5.15 Å². The zero-order valence-electron chi connectivity index (χ0n) is 9.18. The summed E-state index contributed by atoms with van der Waals surface area (Å²) >= 11 is 5.52. The van der Waals surface area contributed by atoms with Crippen LogP contribution in [-0.2, 0) is 0 Å². The number of anilines is 1. The molecule has 0 fully saturated rings. The van der Waals surface area contributed by atoms with Gasteiger partial charge < -0.3 is 20.4 Å². The van der Waals surface area contributed by atoms with Crippen LogP contribution >= 0.6 is 11.6 Å². The molecule has 0 unspecified atom stereocenters. The summed E-state index contributed by atoms with van der Waals surface area (Å²) in [4.78, 5) is 0. The molecule has 5 N–H and O–H groups in total. The van der Waals surface area contributed by atoms with Gasteiger partial charge in [0.05, 0.1) is 12.8 Å². The molecule has 3 atom stereocenters. The van der Waals surface area contributed by atoms with E-state index in [2.05, 4.69) is 20.7 Å². The number of hydrazone groups is 1. The molecule has 0 saturated heterocycles. The van der Waals surface area contributed by atoms with E-state index in [0.29, 0.717) is 5.82 Å². The first-order valence-electron chi connectivity index (χ1n) is 4.98. The lowest BCUT2D eigenvalue weighted by molar-refractivity contribution is -0.0541. The summed E-state index contributed by atoms with van der Waals surface area (Å²) in [5, 5.41) is 47.3. The normalized spacial score (nSPS) is 16.5. The lowest BCUT2D eigenvalue weighted by atomic mass is 10.1. The zero-order chi connectivity index (χ0) is 13.5. The van der Waals surface area contributed by atoms with Gasteiger partial charge in [0.25, 0.3) is 0 Å². The fraction of sp³-hybridized carbons (Fsp3) is 0.444. The van der Waals surface area contributed by atoms with Crippen LogP contribution < -0.4 is 5.43 Å². The van der Waals surface area contributed by atoms with Gasteiger partial charge in [-0.3, -0.25) is 5.43 Å². The van der Waals surface area contributed by atoms with Gasteiger partial charge in [-0.15, -0.1) is 10.2 Å². The average molecular weight is 277 g/mol. The Bertz CT molecular complexity index is 389. The predicted molar refractivity (Wildman–Crippen MR) is 64.3 cm³/mol. The molecule has 0 aliphatic rings. The van der Waals surface area contributed by atoms with E-state index in [9.17, 15) is 10.2 Å². The van der Waals surface area contributed by atoms with Crippen molar-refractivity contribution in [3.05, 3.63) is 17.3 Å². The van der Waals surface area contributed by atoms with Crippen molar-refractivity contribution in [3.8, 4) is 0 Å². The summed E-state index contributed by atoms with van der Waals surface area (Å²) in [5.74, 6) is 0.292. The van der Waals surface area contributed by atoms with E-state index in [0.717, 1.165) is 6.21 Å². The molecule has 1 aromatic heterocycles. The molecule has 0 radical (unpaired) electrons. The topological polar surface area (TPSA) is 131 Å². The molecule has 0 saturated carbocycles. The molecule has 1 aromatic rings. The maximum Gasteiger partial charge on any atom is 0.168 e. The molecule has 0 aliphatic carbocycles. The quantitative estimate of drug-likeness (QED) is 0.319. The Balaban J connectivity index is 2.47. The lowest BCUT2D eigenvalue weighted by Crippen LogP contribution is -2.40. The lowest BCUT2D eigenvalue weighted by Gasteiger charge is -2.17. The molecule has 1 rings (SSSR count). The summed E-state index contributed by atoms with van der Waals surface area (Å²) in [7, 11) is 0. The van der Waals surface area contributed by atoms with Gasteiger partial charge in [-0.05, 0) is 12.1 Å². The summed E-state index contributed by atoms with van der Waals surface area (Å²) in [5.41, 5.74) is 2.44. The van der Waals surface area contributed by atoms with E-state index >= 15 is 0 Å². The van der Waals surface area contributed by atoms with E-state index in [1.807, 2.05) is 0 Å². The highest BCUT2D eigenvalue weighted by Crippen LogP contribution is 2.05. The van der Waals surface area contributed by atoms with Crippen LogP contribution in [0.25, 0.3) is 0 Å². The molecular weight excluding hydrogens is 264 g/mol. The standard InChI is InChI=1S/C9H13ClN4O4/c10-7-1-2-8(14-12-7)13-11-3-5(16)9(18)6(17)4-15/h1-3,5-6,9,15-18H,4H2,(H,13,14)/b11-3+/t5-,6-,9+/m1/s1. The zero-order valence-corrected chi connectivity index (χ0v) is 9.94. The Hall–Kier alpha value is -1.32. The minimum Gasteiger partial charge on any atom is -0.394 e. The molecule has 9 heteroatoms. The molecule has 8 nitrogen and oxygen atoms in total. The molecule has 1 heterocycles. The Labute approximate surface area is 108 Å². The number of rotatable bonds is 6. The number of aliphatic hydroxyl groups excluding tert-OH is 4. The van der Waals surface area contributed by atoms with Crippen molar-refractivity contribution in [2.75, 3.05) is 12.0 Å². The fourth-order valence-electron chi connectivity index (χ4n) is 0.979. The Morgan fingerprint density at radius 1 is 1.33 bits per heavy atom. The highest BCUT2D eigenvalue weighted by atomic mass is 35.5. The predicted octanol–water partition coefficient (Wildman–Crippen LogP) is -1.40. The Kier molecular flexibility index (Phi) is 5.89. The van der Waals surface area contributed by atoms with E-state index in [1.165, 1.54) is 12.1 Å². The van der Waals surface area contributed by atoms with Crippen LogP contribution in [0, 0.1) is 0 Å². The second kappa shape index (κ2) is 7.19. The van der Waals surface area contributed by atoms with Gasteiger partial charge in [0.15, 0.2) is 11.0 Å². The van der Waals surface area contributed by atoms with Gasteiger partial charge in [-0.25, -0.2) is 0 Å².